The molecule has 0 saturated carbocycles. The normalized spacial score (nSPS) is 11.7. The fraction of sp³-hybridized carbons (Fsp3) is 0.455. The zero-order chi connectivity index (χ0) is 13.6. The Morgan fingerprint density at radius 3 is 2.67 bits per heavy atom. The molecule has 102 valence electrons. The lowest BCUT2D eigenvalue weighted by molar-refractivity contribution is 0.265. The summed E-state index contributed by atoms with van der Waals surface area (Å²) in [5.74, 6) is 0.315. The summed E-state index contributed by atoms with van der Waals surface area (Å²) in [6.45, 7) is -0.107. The van der Waals surface area contributed by atoms with E-state index in [-0.39, 0.29) is 25.5 Å². The molecule has 0 spiro atoms. The van der Waals surface area contributed by atoms with Crippen LogP contribution in [0.1, 0.15) is 0 Å². The Labute approximate surface area is 107 Å². The van der Waals surface area contributed by atoms with Gasteiger partial charge in [0.25, 0.3) is 0 Å². The summed E-state index contributed by atoms with van der Waals surface area (Å²) in [6.07, 6.45) is 0. The third-order valence-corrected chi connectivity index (χ3v) is 4.22. The number of aliphatic hydroxyl groups excluding tert-OH is 1. The Morgan fingerprint density at radius 2 is 2.06 bits per heavy atom. The van der Waals surface area contributed by atoms with Crippen molar-refractivity contribution in [3.8, 4) is 5.75 Å². The van der Waals surface area contributed by atoms with Gasteiger partial charge in [-0.3, -0.25) is 0 Å². The molecular weight excluding hydrogens is 256 g/mol. The molecular formula is C11H18N2O4S. The van der Waals surface area contributed by atoms with Crippen LogP contribution in [0.25, 0.3) is 0 Å². The third-order valence-electron chi connectivity index (χ3n) is 2.41. The minimum absolute atomic E-state index is 0.0202. The lowest BCUT2D eigenvalue weighted by atomic mass is 10.3. The number of nitrogens with two attached hydrogens (primary N) is 1. The van der Waals surface area contributed by atoms with E-state index in [0.717, 1.165) is 4.31 Å². The number of para-hydroxylation sites is 2. The van der Waals surface area contributed by atoms with Crippen molar-refractivity contribution in [3.05, 3.63) is 24.3 Å². The van der Waals surface area contributed by atoms with Crippen molar-refractivity contribution in [1.82, 2.24) is 4.31 Å². The number of benzene rings is 1. The monoisotopic (exact) mass is 274 g/mol. The molecule has 18 heavy (non-hydrogen) atoms. The summed E-state index contributed by atoms with van der Waals surface area (Å²) in [4.78, 5) is 0. The number of sulfonamides is 1. The maximum Gasteiger partial charge on any atom is 0.217 e. The molecule has 0 aliphatic heterocycles. The number of hydrogen-bond donors (Lipinski definition) is 2. The molecule has 1 aromatic carbocycles. The zero-order valence-corrected chi connectivity index (χ0v) is 11.1. The van der Waals surface area contributed by atoms with Gasteiger partial charge in [0.05, 0.1) is 18.0 Å². The molecule has 0 atom stereocenters. The minimum atomic E-state index is -3.40. The highest BCUT2D eigenvalue weighted by Crippen LogP contribution is 2.19. The van der Waals surface area contributed by atoms with E-state index < -0.39 is 10.0 Å². The summed E-state index contributed by atoms with van der Waals surface area (Å²) in [6, 6.07) is 6.90. The predicted molar refractivity (Wildman–Crippen MR) is 69.9 cm³/mol. The van der Waals surface area contributed by atoms with E-state index in [9.17, 15) is 8.42 Å². The van der Waals surface area contributed by atoms with Gasteiger partial charge in [0.1, 0.15) is 12.4 Å². The van der Waals surface area contributed by atoms with Gasteiger partial charge < -0.3 is 15.6 Å². The zero-order valence-electron chi connectivity index (χ0n) is 10.2. The van der Waals surface area contributed by atoms with Crippen LogP contribution < -0.4 is 10.5 Å². The van der Waals surface area contributed by atoms with Crippen molar-refractivity contribution in [2.24, 2.45) is 0 Å². The summed E-state index contributed by atoms with van der Waals surface area (Å²) >= 11 is 0. The van der Waals surface area contributed by atoms with Crippen molar-refractivity contribution >= 4 is 15.7 Å². The second-order valence-electron chi connectivity index (χ2n) is 3.75. The quantitative estimate of drug-likeness (QED) is 0.677. The largest absolute Gasteiger partial charge is 0.490 e. The number of nitrogen functional groups attached to an aromatic ring is 1. The maximum atomic E-state index is 11.7. The Kier molecular flexibility index (Phi) is 5.39. The van der Waals surface area contributed by atoms with Crippen LogP contribution in [0.2, 0.25) is 0 Å². The summed E-state index contributed by atoms with van der Waals surface area (Å²) in [5, 5.41) is 8.69. The molecule has 0 radical (unpaired) electrons. The van der Waals surface area contributed by atoms with Crippen LogP contribution >= 0.6 is 0 Å². The van der Waals surface area contributed by atoms with Gasteiger partial charge in [0.2, 0.25) is 10.0 Å². The lowest BCUT2D eigenvalue weighted by Gasteiger charge is -2.16. The molecule has 0 unspecified atom stereocenters. The number of ether oxygens (including phenoxy) is 1. The Morgan fingerprint density at radius 1 is 1.39 bits per heavy atom. The van der Waals surface area contributed by atoms with E-state index in [1.54, 1.807) is 24.3 Å². The number of nitrogens with zero attached hydrogens (tertiary/aromatic N) is 1. The SMILES string of the molecule is CN(CCO)S(=O)(=O)CCOc1ccccc1N. The van der Waals surface area contributed by atoms with Crippen LogP contribution in [-0.2, 0) is 10.0 Å². The average molecular weight is 274 g/mol. The molecule has 1 aromatic rings. The van der Waals surface area contributed by atoms with Crippen molar-refractivity contribution in [2.45, 2.75) is 0 Å². The molecule has 0 aromatic heterocycles. The van der Waals surface area contributed by atoms with Gasteiger partial charge in [-0.05, 0) is 12.1 Å². The van der Waals surface area contributed by atoms with E-state index in [1.807, 2.05) is 0 Å². The summed E-state index contributed by atoms with van der Waals surface area (Å²) < 4.78 is 29.8. The predicted octanol–water partition coefficient (Wildman–Crippen LogP) is -0.0985. The van der Waals surface area contributed by atoms with Gasteiger partial charge in [-0.15, -0.1) is 0 Å². The second kappa shape index (κ2) is 6.58. The van der Waals surface area contributed by atoms with Crippen LogP contribution in [-0.4, -0.2) is 50.4 Å². The van der Waals surface area contributed by atoms with E-state index >= 15 is 0 Å². The molecule has 3 N–H and O–H groups in total. The molecule has 1 rings (SSSR count). The first-order valence-corrected chi connectivity index (χ1v) is 7.10. The van der Waals surface area contributed by atoms with Crippen molar-refractivity contribution in [2.75, 3.05) is 38.3 Å². The first kappa shape index (κ1) is 14.7. The molecule has 0 amide bonds. The Hall–Kier alpha value is -1.31. The van der Waals surface area contributed by atoms with E-state index in [4.69, 9.17) is 15.6 Å². The molecule has 0 heterocycles. The van der Waals surface area contributed by atoms with Crippen LogP contribution in [0.4, 0.5) is 5.69 Å². The molecule has 0 bridgehead atoms. The highest BCUT2D eigenvalue weighted by atomic mass is 32.2. The first-order chi connectivity index (χ1) is 8.47. The summed E-state index contributed by atoms with van der Waals surface area (Å²) in [7, 11) is -1.98. The van der Waals surface area contributed by atoms with Gasteiger partial charge in [-0.25, -0.2) is 12.7 Å². The molecule has 0 aliphatic rings. The molecule has 6 nitrogen and oxygen atoms in total. The Bertz CT molecular complexity index is 476. The fourth-order valence-corrected chi connectivity index (χ4v) is 2.27. The molecule has 7 heteroatoms. The number of likely N-dealkylation sites (N-methyl/N-ethyl adjacent to an activating group) is 1. The van der Waals surface area contributed by atoms with Crippen LogP contribution in [0.15, 0.2) is 24.3 Å². The van der Waals surface area contributed by atoms with Gasteiger partial charge in [0.15, 0.2) is 0 Å². The van der Waals surface area contributed by atoms with Crippen molar-refractivity contribution in [1.29, 1.82) is 0 Å². The van der Waals surface area contributed by atoms with Crippen LogP contribution in [0.5, 0.6) is 5.75 Å². The summed E-state index contributed by atoms with van der Waals surface area (Å²) in [5.41, 5.74) is 6.13. The number of anilines is 1. The van der Waals surface area contributed by atoms with E-state index in [2.05, 4.69) is 0 Å². The number of aliphatic hydroxyl groups is 1. The van der Waals surface area contributed by atoms with Gasteiger partial charge in [-0.1, -0.05) is 12.1 Å². The van der Waals surface area contributed by atoms with Gasteiger partial charge >= 0.3 is 0 Å². The molecule has 0 aliphatic carbocycles. The van der Waals surface area contributed by atoms with E-state index in [0.29, 0.717) is 11.4 Å². The topological polar surface area (TPSA) is 92.9 Å². The Balaban J connectivity index is 2.49. The van der Waals surface area contributed by atoms with Crippen LogP contribution in [0.3, 0.4) is 0 Å². The van der Waals surface area contributed by atoms with Crippen molar-refractivity contribution in [3.63, 3.8) is 0 Å². The van der Waals surface area contributed by atoms with Gasteiger partial charge in [0, 0.05) is 13.6 Å². The van der Waals surface area contributed by atoms with Gasteiger partial charge in [-0.2, -0.15) is 0 Å². The average Bonchev–Trinajstić information content (AvgIpc) is 2.32. The number of rotatable bonds is 7. The maximum absolute atomic E-state index is 11.7. The molecule has 0 saturated heterocycles. The van der Waals surface area contributed by atoms with Crippen molar-refractivity contribution < 1.29 is 18.3 Å². The standard InChI is InChI=1S/C11H18N2O4S/c1-13(6-7-14)18(15,16)9-8-17-11-5-3-2-4-10(11)12/h2-5,14H,6-9,12H2,1H3. The lowest BCUT2D eigenvalue weighted by Crippen LogP contribution is -2.33. The highest BCUT2D eigenvalue weighted by Gasteiger charge is 2.17. The van der Waals surface area contributed by atoms with Crippen LogP contribution in [0, 0.1) is 0 Å². The fourth-order valence-electron chi connectivity index (χ4n) is 1.30. The third kappa shape index (κ3) is 4.17. The minimum Gasteiger partial charge on any atom is -0.490 e. The van der Waals surface area contributed by atoms with E-state index in [1.165, 1.54) is 7.05 Å². The number of hydrogen-bond acceptors (Lipinski definition) is 5. The first-order valence-electron chi connectivity index (χ1n) is 5.49. The second-order valence-corrected chi connectivity index (χ2v) is 5.94. The highest BCUT2D eigenvalue weighted by molar-refractivity contribution is 7.89. The molecule has 0 fully saturated rings. The smallest absolute Gasteiger partial charge is 0.217 e.